The molecule has 1 aliphatic rings. The third-order valence-electron chi connectivity index (χ3n) is 3.56. The monoisotopic (exact) mass is 226 g/mol. The Labute approximate surface area is 99.6 Å². The van der Waals surface area contributed by atoms with Crippen molar-refractivity contribution >= 4 is 5.91 Å². The van der Waals surface area contributed by atoms with Crippen molar-refractivity contribution in [1.29, 1.82) is 0 Å². The summed E-state index contributed by atoms with van der Waals surface area (Å²) in [6.07, 6.45) is 3.35. The lowest BCUT2D eigenvalue weighted by Crippen LogP contribution is -2.56. The van der Waals surface area contributed by atoms with E-state index in [-0.39, 0.29) is 17.4 Å². The highest BCUT2D eigenvalue weighted by Gasteiger charge is 2.38. The van der Waals surface area contributed by atoms with Gasteiger partial charge in [0.15, 0.2) is 0 Å². The molecule has 1 unspecified atom stereocenters. The number of piperidine rings is 1. The molecule has 16 heavy (non-hydrogen) atoms. The van der Waals surface area contributed by atoms with Crippen molar-refractivity contribution in [3.63, 3.8) is 0 Å². The molecule has 0 spiro atoms. The van der Waals surface area contributed by atoms with Crippen LogP contribution in [0.4, 0.5) is 0 Å². The second-order valence-electron chi connectivity index (χ2n) is 5.40. The highest BCUT2D eigenvalue weighted by atomic mass is 16.2. The van der Waals surface area contributed by atoms with Gasteiger partial charge in [-0.2, -0.15) is 0 Å². The zero-order chi connectivity index (χ0) is 12.2. The second kappa shape index (κ2) is 5.67. The number of hydrogen-bond donors (Lipinski definition) is 1. The summed E-state index contributed by atoms with van der Waals surface area (Å²) in [7, 11) is 0. The van der Waals surface area contributed by atoms with E-state index in [1.165, 1.54) is 6.42 Å². The van der Waals surface area contributed by atoms with Crippen LogP contribution in [0.5, 0.6) is 0 Å². The zero-order valence-corrected chi connectivity index (χ0v) is 11.2. The highest BCUT2D eigenvalue weighted by molar-refractivity contribution is 5.82. The highest BCUT2D eigenvalue weighted by Crippen LogP contribution is 2.31. The summed E-state index contributed by atoms with van der Waals surface area (Å²) in [5, 5.41) is 3.39. The van der Waals surface area contributed by atoms with E-state index in [0.717, 1.165) is 32.5 Å². The van der Waals surface area contributed by atoms with Crippen LogP contribution in [-0.4, -0.2) is 36.5 Å². The molecule has 0 aromatic carbocycles. The van der Waals surface area contributed by atoms with Crippen LogP contribution in [0.25, 0.3) is 0 Å². The first-order valence-corrected chi connectivity index (χ1v) is 6.55. The van der Waals surface area contributed by atoms with Gasteiger partial charge in [-0.3, -0.25) is 4.79 Å². The van der Waals surface area contributed by atoms with Crippen molar-refractivity contribution in [3.8, 4) is 0 Å². The minimum absolute atomic E-state index is 0.00718. The van der Waals surface area contributed by atoms with E-state index < -0.39 is 0 Å². The summed E-state index contributed by atoms with van der Waals surface area (Å²) in [6.45, 7) is 11.2. The molecule has 1 N–H and O–H groups in total. The van der Waals surface area contributed by atoms with Gasteiger partial charge in [-0.05, 0) is 38.1 Å². The summed E-state index contributed by atoms with van der Waals surface area (Å²) in [5.41, 5.74) is 0.0937. The number of carbonyl (C=O) groups is 1. The number of nitrogens with one attached hydrogen (secondary N) is 1. The van der Waals surface area contributed by atoms with E-state index in [9.17, 15) is 4.79 Å². The Balaban J connectivity index is 2.70. The molecule has 3 heteroatoms. The lowest BCUT2D eigenvalue weighted by atomic mass is 9.77. The van der Waals surface area contributed by atoms with Crippen LogP contribution in [0.1, 0.15) is 47.0 Å². The van der Waals surface area contributed by atoms with Crippen LogP contribution in [0.3, 0.4) is 0 Å². The van der Waals surface area contributed by atoms with Crippen LogP contribution >= 0.6 is 0 Å². The van der Waals surface area contributed by atoms with Gasteiger partial charge in [0.2, 0.25) is 5.91 Å². The van der Waals surface area contributed by atoms with Gasteiger partial charge < -0.3 is 10.2 Å². The summed E-state index contributed by atoms with van der Waals surface area (Å²) in [4.78, 5) is 14.4. The maximum absolute atomic E-state index is 12.4. The van der Waals surface area contributed by atoms with E-state index in [4.69, 9.17) is 0 Å². The van der Waals surface area contributed by atoms with Crippen molar-refractivity contribution in [2.45, 2.75) is 53.0 Å². The topological polar surface area (TPSA) is 32.3 Å². The van der Waals surface area contributed by atoms with Crippen LogP contribution in [0.2, 0.25) is 0 Å². The van der Waals surface area contributed by atoms with Gasteiger partial charge in [0.1, 0.15) is 0 Å². The molecule has 0 aromatic rings. The Morgan fingerprint density at radius 1 is 1.44 bits per heavy atom. The number of carbonyl (C=O) groups excluding carboxylic acids is 1. The molecule has 0 radical (unpaired) electrons. The molecule has 1 heterocycles. The normalized spacial score (nSPS) is 24.1. The summed E-state index contributed by atoms with van der Waals surface area (Å²) in [5.74, 6) is 0.286. The molecule has 0 saturated carbocycles. The van der Waals surface area contributed by atoms with Crippen molar-refractivity contribution in [2.24, 2.45) is 5.41 Å². The SMILES string of the molecule is CCCN(CC)C(=O)C1NCCCC1(C)C. The third kappa shape index (κ3) is 2.97. The van der Waals surface area contributed by atoms with Gasteiger partial charge in [0.25, 0.3) is 0 Å². The lowest BCUT2D eigenvalue weighted by Gasteiger charge is -2.40. The van der Waals surface area contributed by atoms with Crippen molar-refractivity contribution in [2.75, 3.05) is 19.6 Å². The fourth-order valence-corrected chi connectivity index (χ4v) is 2.51. The van der Waals surface area contributed by atoms with E-state index in [1.54, 1.807) is 0 Å². The Hall–Kier alpha value is -0.570. The zero-order valence-electron chi connectivity index (χ0n) is 11.2. The van der Waals surface area contributed by atoms with Crippen LogP contribution in [-0.2, 0) is 4.79 Å². The Morgan fingerprint density at radius 2 is 2.12 bits per heavy atom. The fraction of sp³-hybridized carbons (Fsp3) is 0.923. The Bertz CT molecular complexity index is 238. The minimum Gasteiger partial charge on any atom is -0.342 e. The lowest BCUT2D eigenvalue weighted by molar-refractivity contribution is -0.137. The molecule has 0 aromatic heterocycles. The molecule has 3 nitrogen and oxygen atoms in total. The first-order valence-electron chi connectivity index (χ1n) is 6.55. The molecule has 1 amide bonds. The average Bonchev–Trinajstić information content (AvgIpc) is 2.24. The largest absolute Gasteiger partial charge is 0.342 e. The Morgan fingerprint density at radius 3 is 2.62 bits per heavy atom. The van der Waals surface area contributed by atoms with Crippen molar-refractivity contribution in [3.05, 3.63) is 0 Å². The molecular formula is C13H26N2O. The number of nitrogens with zero attached hydrogens (tertiary/aromatic N) is 1. The molecule has 0 aliphatic carbocycles. The molecule has 1 atom stereocenters. The first kappa shape index (κ1) is 13.5. The van der Waals surface area contributed by atoms with Gasteiger partial charge >= 0.3 is 0 Å². The second-order valence-corrected chi connectivity index (χ2v) is 5.40. The van der Waals surface area contributed by atoms with Crippen LogP contribution in [0, 0.1) is 5.41 Å². The first-order chi connectivity index (χ1) is 7.53. The van der Waals surface area contributed by atoms with Gasteiger partial charge in [-0.25, -0.2) is 0 Å². The molecule has 1 saturated heterocycles. The molecular weight excluding hydrogens is 200 g/mol. The standard InChI is InChI=1S/C13H26N2O/c1-5-10-15(6-2)12(16)11-13(3,4)8-7-9-14-11/h11,14H,5-10H2,1-4H3. The molecule has 1 fully saturated rings. The maximum Gasteiger partial charge on any atom is 0.240 e. The number of rotatable bonds is 4. The predicted molar refractivity (Wildman–Crippen MR) is 67.4 cm³/mol. The number of likely N-dealkylation sites (N-methyl/N-ethyl adjacent to an activating group) is 1. The minimum atomic E-state index is 0.00718. The van der Waals surface area contributed by atoms with Gasteiger partial charge in [0, 0.05) is 13.1 Å². The summed E-state index contributed by atoms with van der Waals surface area (Å²) < 4.78 is 0. The van der Waals surface area contributed by atoms with Crippen LogP contribution in [0.15, 0.2) is 0 Å². The van der Waals surface area contributed by atoms with Crippen LogP contribution < -0.4 is 5.32 Å². The fourth-order valence-electron chi connectivity index (χ4n) is 2.51. The maximum atomic E-state index is 12.4. The van der Waals surface area contributed by atoms with Crippen molar-refractivity contribution in [1.82, 2.24) is 10.2 Å². The number of amides is 1. The van der Waals surface area contributed by atoms with E-state index in [2.05, 4.69) is 33.0 Å². The van der Waals surface area contributed by atoms with E-state index in [1.807, 2.05) is 4.90 Å². The summed E-state index contributed by atoms with van der Waals surface area (Å²) in [6, 6.07) is 0.00718. The van der Waals surface area contributed by atoms with E-state index in [0.29, 0.717) is 0 Å². The van der Waals surface area contributed by atoms with Gasteiger partial charge in [0.05, 0.1) is 6.04 Å². The van der Waals surface area contributed by atoms with E-state index >= 15 is 0 Å². The number of hydrogen-bond acceptors (Lipinski definition) is 2. The molecule has 1 rings (SSSR count). The quantitative estimate of drug-likeness (QED) is 0.795. The molecule has 0 bridgehead atoms. The van der Waals surface area contributed by atoms with Gasteiger partial charge in [-0.15, -0.1) is 0 Å². The predicted octanol–water partition coefficient (Wildman–Crippen LogP) is 2.02. The average molecular weight is 226 g/mol. The third-order valence-corrected chi connectivity index (χ3v) is 3.56. The smallest absolute Gasteiger partial charge is 0.240 e. The van der Waals surface area contributed by atoms with Crippen molar-refractivity contribution < 1.29 is 4.79 Å². The Kier molecular flexibility index (Phi) is 4.78. The van der Waals surface area contributed by atoms with Gasteiger partial charge in [-0.1, -0.05) is 20.8 Å². The summed E-state index contributed by atoms with van der Waals surface area (Å²) >= 11 is 0. The molecule has 1 aliphatic heterocycles. The molecule has 94 valence electrons.